The first kappa shape index (κ1) is 26.0. The molecule has 0 unspecified atom stereocenters. The maximum absolute atomic E-state index is 14.5. The van der Waals surface area contributed by atoms with Gasteiger partial charge in [-0.1, -0.05) is 35.9 Å². The van der Waals surface area contributed by atoms with Crippen LogP contribution in [-0.2, 0) is 10.0 Å². The van der Waals surface area contributed by atoms with Gasteiger partial charge in [0, 0.05) is 18.2 Å². The lowest BCUT2D eigenvalue weighted by atomic mass is 10.0. The highest BCUT2D eigenvalue weighted by atomic mass is 35.5. The molecule has 0 aliphatic carbocycles. The molecule has 0 amide bonds. The van der Waals surface area contributed by atoms with E-state index in [4.69, 9.17) is 26.8 Å². The van der Waals surface area contributed by atoms with Gasteiger partial charge in [-0.25, -0.2) is 12.8 Å². The van der Waals surface area contributed by atoms with E-state index >= 15 is 0 Å². The normalized spacial score (nSPS) is 18.0. The van der Waals surface area contributed by atoms with Gasteiger partial charge < -0.3 is 15.2 Å². The lowest BCUT2D eigenvalue weighted by Gasteiger charge is -2.40. The molecule has 2 N–H and O–H groups in total. The third kappa shape index (κ3) is 4.68. The van der Waals surface area contributed by atoms with Crippen LogP contribution >= 0.6 is 11.6 Å². The van der Waals surface area contributed by atoms with Gasteiger partial charge >= 0.3 is 0 Å². The van der Waals surface area contributed by atoms with E-state index < -0.39 is 28.0 Å². The summed E-state index contributed by atoms with van der Waals surface area (Å²) in [5.41, 5.74) is 8.67. The number of aryl methyl sites for hydroxylation is 1. The van der Waals surface area contributed by atoms with E-state index in [1.807, 2.05) is 6.92 Å². The summed E-state index contributed by atoms with van der Waals surface area (Å²) >= 11 is 6.23. The number of benzene rings is 3. The Morgan fingerprint density at radius 2 is 1.97 bits per heavy atom. The van der Waals surface area contributed by atoms with Gasteiger partial charge in [0.1, 0.15) is 23.4 Å². The fraction of sp³-hybridized carbons (Fsp3) is 0.259. The largest absolute Gasteiger partial charge is 0.496 e. The number of methoxy groups -OCH3 is 1. The molecule has 190 valence electrons. The minimum Gasteiger partial charge on any atom is -0.496 e. The van der Waals surface area contributed by atoms with E-state index in [0.29, 0.717) is 38.9 Å². The lowest BCUT2D eigenvalue weighted by Crippen LogP contribution is -2.53. The second kappa shape index (κ2) is 10.1. The quantitative estimate of drug-likeness (QED) is 0.416. The van der Waals surface area contributed by atoms with E-state index in [9.17, 15) is 12.8 Å². The molecule has 2 atom stereocenters. The average molecular weight is 531 g/mol. The number of anilines is 1. The Bertz CT molecular complexity index is 1420. The number of ether oxygens (including phenoxy) is 2. The van der Waals surface area contributed by atoms with Crippen LogP contribution in [0.2, 0.25) is 5.02 Å². The molecule has 1 aliphatic heterocycles. The van der Waals surface area contributed by atoms with E-state index in [1.54, 1.807) is 62.4 Å². The molecule has 0 aromatic heterocycles. The summed E-state index contributed by atoms with van der Waals surface area (Å²) < 4.78 is 55.1. The minimum absolute atomic E-state index is 0.0932. The van der Waals surface area contributed by atoms with Gasteiger partial charge in [0.2, 0.25) is 0 Å². The van der Waals surface area contributed by atoms with Crippen LogP contribution in [0.15, 0.2) is 59.5 Å². The van der Waals surface area contributed by atoms with Crippen LogP contribution in [0.1, 0.15) is 30.5 Å². The first-order chi connectivity index (χ1) is 17.1. The van der Waals surface area contributed by atoms with Crippen molar-refractivity contribution in [2.24, 2.45) is 5.73 Å². The Balaban J connectivity index is 1.85. The van der Waals surface area contributed by atoms with Gasteiger partial charge in [0.25, 0.3) is 10.0 Å². The van der Waals surface area contributed by atoms with Crippen LogP contribution in [-0.4, -0.2) is 34.2 Å². The van der Waals surface area contributed by atoms with Gasteiger partial charge in [-0.15, -0.1) is 0 Å². The molecule has 3 aromatic rings. The number of nitrogens with two attached hydrogens (primary N) is 1. The molecule has 0 saturated carbocycles. The second-order valence-electron chi connectivity index (χ2n) is 8.72. The standard InChI is InChI=1S/C27H28ClFN2O4S/c1-16-8-10-20(14-25(16)34-4)36(32,33)31-18(3)26(15-30)35-24-11-9-19(13-23(24)31)12-17(2)27-21(28)6-5-7-22(27)29/h5-14,18,26H,15,30H2,1-4H3/b17-12+/t18-,26+/m1/s1. The average Bonchev–Trinajstić information content (AvgIpc) is 2.83. The van der Waals surface area contributed by atoms with E-state index in [-0.39, 0.29) is 11.4 Å². The summed E-state index contributed by atoms with van der Waals surface area (Å²) in [6, 6.07) is 13.9. The van der Waals surface area contributed by atoms with Crippen LogP contribution < -0.4 is 19.5 Å². The monoisotopic (exact) mass is 530 g/mol. The number of rotatable bonds is 6. The molecule has 0 fully saturated rings. The predicted octanol–water partition coefficient (Wildman–Crippen LogP) is 5.66. The molecule has 36 heavy (non-hydrogen) atoms. The number of nitrogens with zero attached hydrogens (tertiary/aromatic N) is 1. The fourth-order valence-electron chi connectivity index (χ4n) is 4.39. The summed E-state index contributed by atoms with van der Waals surface area (Å²) in [6.45, 7) is 5.49. The van der Waals surface area contributed by atoms with Crippen molar-refractivity contribution in [3.8, 4) is 11.5 Å². The smallest absolute Gasteiger partial charge is 0.264 e. The molecule has 0 bridgehead atoms. The third-order valence-corrected chi connectivity index (χ3v) is 8.53. The zero-order chi connectivity index (χ0) is 26.2. The Kier molecular flexibility index (Phi) is 7.31. The lowest BCUT2D eigenvalue weighted by molar-refractivity contribution is 0.174. The molecule has 6 nitrogen and oxygen atoms in total. The summed E-state index contributed by atoms with van der Waals surface area (Å²) in [5.74, 6) is 0.432. The molecule has 4 rings (SSSR count). The molecule has 9 heteroatoms. The van der Waals surface area contributed by atoms with Crippen molar-refractivity contribution in [3.05, 3.63) is 82.1 Å². The third-order valence-electron chi connectivity index (χ3n) is 6.32. The summed E-state index contributed by atoms with van der Waals surface area (Å²) in [4.78, 5) is 0.0932. The van der Waals surface area contributed by atoms with Crippen molar-refractivity contribution in [2.75, 3.05) is 18.0 Å². The summed E-state index contributed by atoms with van der Waals surface area (Å²) in [6.07, 6.45) is 1.21. The van der Waals surface area contributed by atoms with Crippen molar-refractivity contribution in [1.29, 1.82) is 0 Å². The van der Waals surface area contributed by atoms with Crippen molar-refractivity contribution in [3.63, 3.8) is 0 Å². The van der Waals surface area contributed by atoms with Crippen LogP contribution in [0.3, 0.4) is 0 Å². The molecule has 3 aromatic carbocycles. The highest BCUT2D eigenvalue weighted by molar-refractivity contribution is 7.92. The minimum atomic E-state index is -4.01. The van der Waals surface area contributed by atoms with Gasteiger partial charge in [-0.2, -0.15) is 0 Å². The number of fused-ring (bicyclic) bond motifs is 1. The number of hydrogen-bond acceptors (Lipinski definition) is 5. The predicted molar refractivity (Wildman–Crippen MR) is 142 cm³/mol. The Labute approximate surface area is 216 Å². The number of allylic oxidation sites excluding steroid dienone is 1. The van der Waals surface area contributed by atoms with Crippen molar-refractivity contribution >= 4 is 39.0 Å². The maximum Gasteiger partial charge on any atom is 0.264 e. The molecular formula is C27H28ClFN2O4S. The SMILES string of the molecule is COc1cc(S(=O)(=O)N2c3cc(/C=C(\C)c4c(F)cccc4Cl)ccc3O[C@@H](CN)[C@H]2C)ccc1C. The van der Waals surface area contributed by atoms with Gasteiger partial charge in [-0.3, -0.25) is 4.31 Å². The zero-order valence-corrected chi connectivity index (χ0v) is 22.0. The van der Waals surface area contributed by atoms with Crippen molar-refractivity contribution < 1.29 is 22.3 Å². The van der Waals surface area contributed by atoms with Crippen LogP contribution in [0.4, 0.5) is 10.1 Å². The number of hydrogen-bond donors (Lipinski definition) is 1. The zero-order valence-electron chi connectivity index (χ0n) is 20.5. The van der Waals surface area contributed by atoms with Crippen LogP contribution in [0.25, 0.3) is 11.6 Å². The fourth-order valence-corrected chi connectivity index (χ4v) is 6.40. The maximum atomic E-state index is 14.5. The topological polar surface area (TPSA) is 81.9 Å². The molecule has 1 aliphatic rings. The Morgan fingerprint density at radius 1 is 1.22 bits per heavy atom. The molecule has 0 saturated heterocycles. The first-order valence-electron chi connectivity index (χ1n) is 11.4. The van der Waals surface area contributed by atoms with Crippen molar-refractivity contribution in [2.45, 2.75) is 37.8 Å². The van der Waals surface area contributed by atoms with E-state index in [2.05, 4.69) is 0 Å². The summed E-state index contributed by atoms with van der Waals surface area (Å²) in [7, 11) is -2.51. The molecular weight excluding hydrogens is 503 g/mol. The first-order valence-corrected chi connectivity index (χ1v) is 13.2. The van der Waals surface area contributed by atoms with Crippen LogP contribution in [0.5, 0.6) is 11.5 Å². The van der Waals surface area contributed by atoms with Gasteiger partial charge in [0.05, 0.1) is 28.8 Å². The highest BCUT2D eigenvalue weighted by Gasteiger charge is 2.40. The Hall–Kier alpha value is -3.07. The highest BCUT2D eigenvalue weighted by Crippen LogP contribution is 2.41. The summed E-state index contributed by atoms with van der Waals surface area (Å²) in [5, 5.41) is 0.293. The van der Waals surface area contributed by atoms with E-state index in [1.165, 1.54) is 23.5 Å². The molecule has 0 spiro atoms. The Morgan fingerprint density at radius 3 is 2.64 bits per heavy atom. The van der Waals surface area contributed by atoms with Gasteiger partial charge in [-0.05, 0) is 67.8 Å². The molecule has 0 radical (unpaired) electrons. The number of sulfonamides is 1. The number of halogens is 2. The van der Waals surface area contributed by atoms with Gasteiger partial charge in [0.15, 0.2) is 0 Å². The molecule has 1 heterocycles. The van der Waals surface area contributed by atoms with Crippen molar-refractivity contribution in [1.82, 2.24) is 0 Å². The second-order valence-corrected chi connectivity index (χ2v) is 10.9. The van der Waals surface area contributed by atoms with E-state index in [0.717, 1.165) is 5.56 Å². The van der Waals surface area contributed by atoms with Crippen LogP contribution in [0, 0.1) is 12.7 Å².